The molecule has 0 saturated carbocycles. The van der Waals surface area contributed by atoms with Crippen LogP contribution in [0, 0.1) is 0 Å². The normalized spacial score (nSPS) is 22.9. The summed E-state index contributed by atoms with van der Waals surface area (Å²) >= 11 is 0. The molecule has 1 aliphatic rings. The van der Waals surface area contributed by atoms with E-state index in [0.717, 1.165) is 44.9 Å². The molecule has 1 amide bonds. The summed E-state index contributed by atoms with van der Waals surface area (Å²) in [6, 6.07) is -1.17. The van der Waals surface area contributed by atoms with Crippen molar-refractivity contribution in [3.05, 3.63) is 12.2 Å². The van der Waals surface area contributed by atoms with Crippen molar-refractivity contribution in [2.45, 2.75) is 236 Å². The molecule has 1 heterocycles. The lowest BCUT2D eigenvalue weighted by atomic mass is 9.98. The second kappa shape index (κ2) is 33.0. The SMILES string of the molecule is CCCC/C=C\CCCCCC(O)C(=O)NC(COC1OC(CO)C(O)C(O)C1O)C(O)C(O)CCCCCCCCCCCCCCCCCCC. The number of aliphatic hydroxyl groups is 7. The molecule has 53 heavy (non-hydrogen) atoms. The maximum Gasteiger partial charge on any atom is 0.249 e. The number of amides is 1. The van der Waals surface area contributed by atoms with E-state index in [1.807, 2.05) is 0 Å². The first-order valence-electron chi connectivity index (χ1n) is 21.6. The van der Waals surface area contributed by atoms with Gasteiger partial charge in [0.15, 0.2) is 6.29 Å². The minimum absolute atomic E-state index is 0.240. The fourth-order valence-corrected chi connectivity index (χ4v) is 6.89. The van der Waals surface area contributed by atoms with Crippen LogP contribution in [0.2, 0.25) is 0 Å². The summed E-state index contributed by atoms with van der Waals surface area (Å²) in [5, 5.41) is 75.3. The van der Waals surface area contributed by atoms with Crippen molar-refractivity contribution in [3.8, 4) is 0 Å². The standard InChI is InChI=1S/C42H81NO10/c1-3-5-7-9-11-13-14-15-16-17-18-19-20-22-23-25-27-29-34(45)37(47)33(32-52-42-40(50)39(49)38(48)36(31-44)53-42)43-41(51)35(46)30-28-26-24-21-12-10-8-6-4-2/h10,12,33-40,42,44-50H,3-9,11,13-32H2,1-2H3,(H,43,51)/b12-10-. The zero-order valence-electron chi connectivity index (χ0n) is 33.5. The maximum atomic E-state index is 13.0. The fourth-order valence-electron chi connectivity index (χ4n) is 6.89. The monoisotopic (exact) mass is 760 g/mol. The number of hydrogen-bond donors (Lipinski definition) is 8. The molecule has 0 bridgehead atoms. The van der Waals surface area contributed by atoms with Crippen LogP contribution in [0.5, 0.6) is 0 Å². The Morgan fingerprint density at radius 2 is 1.11 bits per heavy atom. The van der Waals surface area contributed by atoms with Gasteiger partial charge in [0.05, 0.1) is 25.4 Å². The predicted molar refractivity (Wildman–Crippen MR) is 210 cm³/mol. The van der Waals surface area contributed by atoms with E-state index in [4.69, 9.17) is 9.47 Å². The number of rotatable bonds is 35. The van der Waals surface area contributed by atoms with Gasteiger partial charge in [-0.1, -0.05) is 161 Å². The first-order chi connectivity index (χ1) is 25.7. The summed E-state index contributed by atoms with van der Waals surface area (Å²) in [6.45, 7) is 3.36. The van der Waals surface area contributed by atoms with E-state index in [1.54, 1.807) is 0 Å². The third-order valence-electron chi connectivity index (χ3n) is 10.6. The van der Waals surface area contributed by atoms with Crippen LogP contribution in [0.1, 0.15) is 181 Å². The minimum atomic E-state index is -1.66. The van der Waals surface area contributed by atoms with E-state index >= 15 is 0 Å². The highest BCUT2D eigenvalue weighted by Crippen LogP contribution is 2.23. The van der Waals surface area contributed by atoms with Gasteiger partial charge >= 0.3 is 0 Å². The van der Waals surface area contributed by atoms with Gasteiger partial charge in [-0.15, -0.1) is 0 Å². The van der Waals surface area contributed by atoms with Crippen LogP contribution in [0.4, 0.5) is 0 Å². The van der Waals surface area contributed by atoms with Crippen molar-refractivity contribution in [2.24, 2.45) is 0 Å². The molecule has 0 aromatic carbocycles. The first-order valence-corrected chi connectivity index (χ1v) is 21.6. The van der Waals surface area contributed by atoms with E-state index in [2.05, 4.69) is 31.3 Å². The lowest BCUT2D eigenvalue weighted by Gasteiger charge is -2.40. The Labute approximate surface area is 322 Å². The average Bonchev–Trinajstić information content (AvgIpc) is 3.16. The Morgan fingerprint density at radius 1 is 0.642 bits per heavy atom. The third-order valence-corrected chi connectivity index (χ3v) is 10.6. The van der Waals surface area contributed by atoms with Crippen LogP contribution in [0.25, 0.3) is 0 Å². The summed E-state index contributed by atoms with van der Waals surface area (Å²) < 4.78 is 11.0. The van der Waals surface area contributed by atoms with Crippen molar-refractivity contribution in [1.29, 1.82) is 0 Å². The Kier molecular flexibility index (Phi) is 31.1. The second-order valence-corrected chi connectivity index (χ2v) is 15.4. The van der Waals surface area contributed by atoms with Crippen LogP contribution >= 0.6 is 0 Å². The molecule has 0 aliphatic carbocycles. The van der Waals surface area contributed by atoms with Crippen LogP contribution in [-0.4, -0.2) is 110 Å². The van der Waals surface area contributed by atoms with Crippen molar-refractivity contribution >= 4 is 5.91 Å². The molecule has 0 radical (unpaired) electrons. The van der Waals surface area contributed by atoms with Crippen LogP contribution in [0.3, 0.4) is 0 Å². The zero-order valence-corrected chi connectivity index (χ0v) is 33.5. The third kappa shape index (κ3) is 23.5. The van der Waals surface area contributed by atoms with Crippen LogP contribution in [0.15, 0.2) is 12.2 Å². The van der Waals surface area contributed by atoms with Crippen molar-refractivity contribution in [3.63, 3.8) is 0 Å². The molecule has 11 nitrogen and oxygen atoms in total. The summed E-state index contributed by atoms with van der Waals surface area (Å²) in [4.78, 5) is 13.0. The highest BCUT2D eigenvalue weighted by atomic mass is 16.7. The lowest BCUT2D eigenvalue weighted by molar-refractivity contribution is -0.303. The van der Waals surface area contributed by atoms with Gasteiger partial charge in [-0.25, -0.2) is 0 Å². The van der Waals surface area contributed by atoms with Crippen molar-refractivity contribution in [2.75, 3.05) is 13.2 Å². The number of carbonyl (C=O) groups excluding carboxylic acids is 1. The van der Waals surface area contributed by atoms with Gasteiger partial charge in [-0.3, -0.25) is 4.79 Å². The summed E-state index contributed by atoms with van der Waals surface area (Å²) in [6.07, 6.45) is 21.3. The van der Waals surface area contributed by atoms with Crippen molar-refractivity contribution in [1.82, 2.24) is 5.32 Å². The fraction of sp³-hybridized carbons (Fsp3) is 0.929. The topological polar surface area (TPSA) is 189 Å². The highest BCUT2D eigenvalue weighted by molar-refractivity contribution is 5.80. The number of allylic oxidation sites excluding steroid dienone is 2. The number of nitrogens with one attached hydrogen (secondary N) is 1. The summed E-state index contributed by atoms with van der Waals surface area (Å²) in [5.41, 5.74) is 0. The molecule has 0 aromatic rings. The molecular formula is C42H81NO10. The number of unbranched alkanes of at least 4 members (excludes halogenated alkanes) is 21. The molecule has 314 valence electrons. The minimum Gasteiger partial charge on any atom is -0.394 e. The molecule has 1 saturated heterocycles. The smallest absolute Gasteiger partial charge is 0.249 e. The molecule has 1 rings (SSSR count). The maximum absolute atomic E-state index is 13.0. The Morgan fingerprint density at radius 3 is 1.64 bits per heavy atom. The molecule has 0 spiro atoms. The number of ether oxygens (including phenoxy) is 2. The molecule has 0 aromatic heterocycles. The molecule has 9 atom stereocenters. The number of carbonyl (C=O) groups is 1. The van der Waals surface area contributed by atoms with Gasteiger partial charge in [0.2, 0.25) is 5.91 Å². The van der Waals surface area contributed by atoms with Gasteiger partial charge in [0.25, 0.3) is 0 Å². The first kappa shape index (κ1) is 49.9. The molecular weight excluding hydrogens is 678 g/mol. The van der Waals surface area contributed by atoms with Gasteiger partial charge in [0.1, 0.15) is 36.6 Å². The number of aliphatic hydroxyl groups excluding tert-OH is 7. The Bertz CT molecular complexity index is 877. The molecule has 1 fully saturated rings. The zero-order chi connectivity index (χ0) is 39.1. The van der Waals surface area contributed by atoms with Gasteiger partial charge in [-0.05, 0) is 32.1 Å². The summed E-state index contributed by atoms with van der Waals surface area (Å²) in [7, 11) is 0. The van der Waals surface area contributed by atoms with E-state index in [9.17, 15) is 40.5 Å². The van der Waals surface area contributed by atoms with Gasteiger partial charge < -0.3 is 50.5 Å². The van der Waals surface area contributed by atoms with E-state index in [1.165, 1.54) is 96.3 Å². The summed E-state index contributed by atoms with van der Waals surface area (Å²) in [5.74, 6) is -0.712. The van der Waals surface area contributed by atoms with E-state index in [-0.39, 0.29) is 6.42 Å². The Hall–Kier alpha value is -1.15. The van der Waals surface area contributed by atoms with Crippen LogP contribution < -0.4 is 5.32 Å². The van der Waals surface area contributed by atoms with Crippen molar-refractivity contribution < 1.29 is 50.0 Å². The highest BCUT2D eigenvalue weighted by Gasteiger charge is 2.44. The molecule has 9 unspecified atom stereocenters. The predicted octanol–water partition coefficient (Wildman–Crippen LogP) is 6.11. The second-order valence-electron chi connectivity index (χ2n) is 15.4. The van der Waals surface area contributed by atoms with E-state index in [0.29, 0.717) is 19.3 Å². The lowest BCUT2D eigenvalue weighted by Crippen LogP contribution is -2.60. The van der Waals surface area contributed by atoms with Gasteiger partial charge in [0, 0.05) is 0 Å². The molecule has 8 N–H and O–H groups in total. The van der Waals surface area contributed by atoms with Gasteiger partial charge in [-0.2, -0.15) is 0 Å². The largest absolute Gasteiger partial charge is 0.394 e. The number of hydrogen-bond acceptors (Lipinski definition) is 10. The van der Waals surface area contributed by atoms with Crippen LogP contribution in [-0.2, 0) is 14.3 Å². The quantitative estimate of drug-likeness (QED) is 0.0277. The molecule has 11 heteroatoms. The van der Waals surface area contributed by atoms with E-state index < -0.39 is 74.2 Å². The molecule has 1 aliphatic heterocycles. The average molecular weight is 760 g/mol. The Balaban J connectivity index is 2.47.